The van der Waals surface area contributed by atoms with Crippen LogP contribution in [0.25, 0.3) is 167 Å². The maximum Gasteiger partial charge on any atom is 0.164 e. The third-order valence-electron chi connectivity index (χ3n) is 24.7. The highest BCUT2D eigenvalue weighted by atomic mass is 16.5. The summed E-state index contributed by atoms with van der Waals surface area (Å²) in [7, 11) is 0. The molecule has 4 aliphatic rings. The van der Waals surface area contributed by atoms with Gasteiger partial charge in [0.15, 0.2) is 23.3 Å². The van der Waals surface area contributed by atoms with Crippen LogP contribution in [0.15, 0.2) is 394 Å². The molecule has 538 valence electrons. The smallest absolute Gasteiger partial charge is 0.164 e. The highest BCUT2D eigenvalue weighted by Gasteiger charge is 2.55. The van der Waals surface area contributed by atoms with E-state index < -0.39 is 10.8 Å². The maximum atomic E-state index is 7.40. The highest BCUT2D eigenvalue weighted by Crippen LogP contribution is 2.68. The molecule has 4 heterocycles. The summed E-state index contributed by atoms with van der Waals surface area (Å²) in [6.45, 7) is 0. The number of hydrogen-bond donors (Lipinski definition) is 0. The van der Waals surface area contributed by atoms with E-state index in [2.05, 4.69) is 394 Å². The minimum Gasteiger partial charge on any atom is -0.455 e. The summed E-state index contributed by atoms with van der Waals surface area (Å²) in [6.07, 6.45) is 0. The Balaban J connectivity index is 0.610. The number of nitrogens with zero attached hydrogens (tertiary/aromatic N) is 5. The lowest BCUT2D eigenvalue weighted by molar-refractivity contribution is 0.447. The van der Waals surface area contributed by atoms with E-state index in [0.29, 0.717) is 23.3 Å². The number of rotatable bonds is 9. The van der Waals surface area contributed by atoms with Gasteiger partial charge in [-0.05, 0) is 112 Å². The first-order valence-corrected chi connectivity index (χ1v) is 39.6. The summed E-state index contributed by atoms with van der Waals surface area (Å²) < 4.78 is 14.8. The Morgan fingerprint density at radius 1 is 0.172 bits per heavy atom. The average molecular weight is 1480 g/mol. The average Bonchev–Trinajstić information content (AvgIpc) is 1.46. The topological polar surface area (TPSA) is 82.9 Å². The van der Waals surface area contributed by atoms with E-state index in [1.165, 1.54) is 16.7 Å². The Hall–Kier alpha value is -15.3. The summed E-state index contributed by atoms with van der Waals surface area (Å²) >= 11 is 0. The van der Waals surface area contributed by atoms with Crippen molar-refractivity contribution in [3.63, 3.8) is 0 Å². The Labute approximate surface area is 669 Å². The van der Waals surface area contributed by atoms with E-state index >= 15 is 0 Å². The van der Waals surface area contributed by atoms with Crippen molar-refractivity contribution < 1.29 is 9.47 Å². The molecule has 7 heteroatoms. The first-order chi connectivity index (χ1) is 57.5. The van der Waals surface area contributed by atoms with Gasteiger partial charge in [-0.1, -0.05) is 382 Å². The summed E-state index contributed by atoms with van der Waals surface area (Å²) in [5, 5.41) is 8.69. The second-order valence-electron chi connectivity index (χ2n) is 30.7. The predicted octanol–water partition coefficient (Wildman–Crippen LogP) is 27.2. The fourth-order valence-electron chi connectivity index (χ4n) is 19.5. The molecule has 0 bridgehead atoms. The molecule has 0 atom stereocenters. The first kappa shape index (κ1) is 65.4. The van der Waals surface area contributed by atoms with Crippen LogP contribution in [-0.4, -0.2) is 24.9 Å². The van der Waals surface area contributed by atoms with Gasteiger partial charge in [-0.3, -0.25) is 0 Å². The molecular formula is C109H65N5O2. The van der Waals surface area contributed by atoms with Crippen LogP contribution in [0.2, 0.25) is 0 Å². The number of benzene rings is 18. The second kappa shape index (κ2) is 25.6. The molecule has 2 aromatic heterocycles. The molecule has 0 fully saturated rings. The van der Waals surface area contributed by atoms with Gasteiger partial charge in [0.25, 0.3) is 0 Å². The number of aromatic nitrogens is 5. The molecular weight excluding hydrogens is 1410 g/mol. The minimum absolute atomic E-state index is 0.565. The van der Waals surface area contributed by atoms with Crippen molar-refractivity contribution in [2.45, 2.75) is 10.8 Å². The quantitative estimate of drug-likeness (QED) is 0.142. The Morgan fingerprint density at radius 2 is 0.466 bits per heavy atom. The summed E-state index contributed by atoms with van der Waals surface area (Å²) in [4.78, 5) is 28.0. The van der Waals surface area contributed by atoms with E-state index in [0.717, 1.165) is 194 Å². The van der Waals surface area contributed by atoms with Crippen molar-refractivity contribution in [2.75, 3.05) is 0 Å². The summed E-state index contributed by atoms with van der Waals surface area (Å²) in [5.41, 5.74) is 25.6. The summed E-state index contributed by atoms with van der Waals surface area (Å²) in [5.74, 6) is 5.77. The van der Waals surface area contributed by atoms with Gasteiger partial charge < -0.3 is 9.47 Å². The van der Waals surface area contributed by atoms with Crippen LogP contribution in [0.5, 0.6) is 23.0 Å². The van der Waals surface area contributed by atoms with Crippen LogP contribution in [0, 0.1) is 0 Å². The maximum absolute atomic E-state index is 7.40. The van der Waals surface area contributed by atoms with Gasteiger partial charge in [0.05, 0.1) is 22.2 Å². The van der Waals surface area contributed by atoms with Gasteiger partial charge in [0.1, 0.15) is 23.0 Å². The van der Waals surface area contributed by atoms with Gasteiger partial charge in [-0.2, -0.15) is 0 Å². The van der Waals surface area contributed by atoms with Crippen LogP contribution < -0.4 is 9.47 Å². The van der Waals surface area contributed by atoms with E-state index in [-0.39, 0.29) is 0 Å². The van der Waals surface area contributed by atoms with Crippen molar-refractivity contribution in [1.82, 2.24) is 24.9 Å². The van der Waals surface area contributed by atoms with E-state index in [1.807, 2.05) is 0 Å². The SMILES string of the molecule is c1ccc(-c2ccc(-c3nc(-c4cccc(-c5ccc(-c6ccc(-c7cc(-c8ccccc8)nc(-c8cccc9c8C8(c%10ccccc%10-9)c9ccc%10ccccc%10c9Oc9c8ccc8ccccc98)n7)cc6)cc5)c4)nc(-c4cccc5c4C4(c6ccccc6-5)c5ccc6ccccc6c5Oc5c4ccc4ccccc54)n3)cc2)cc1. The van der Waals surface area contributed by atoms with Crippen molar-refractivity contribution in [3.8, 4) is 147 Å². The molecule has 0 saturated carbocycles. The number of ether oxygens (including phenoxy) is 2. The van der Waals surface area contributed by atoms with Gasteiger partial charge in [0, 0.05) is 77.2 Å². The van der Waals surface area contributed by atoms with Crippen LogP contribution in [0.3, 0.4) is 0 Å². The molecule has 24 rings (SSSR count). The lowest BCUT2D eigenvalue weighted by atomic mass is 9.64. The lowest BCUT2D eigenvalue weighted by Crippen LogP contribution is -2.33. The lowest BCUT2D eigenvalue weighted by Gasteiger charge is -2.41. The first-order valence-electron chi connectivity index (χ1n) is 39.6. The molecule has 2 aliphatic carbocycles. The predicted molar refractivity (Wildman–Crippen MR) is 469 cm³/mol. The van der Waals surface area contributed by atoms with Crippen molar-refractivity contribution >= 4 is 43.1 Å². The van der Waals surface area contributed by atoms with Crippen LogP contribution in [0.1, 0.15) is 44.5 Å². The molecule has 20 aromatic rings. The van der Waals surface area contributed by atoms with Gasteiger partial charge >= 0.3 is 0 Å². The molecule has 0 radical (unpaired) electrons. The highest BCUT2D eigenvalue weighted by molar-refractivity contribution is 6.04. The molecule has 0 unspecified atom stereocenters. The third-order valence-corrected chi connectivity index (χ3v) is 24.7. The zero-order valence-electron chi connectivity index (χ0n) is 62.6. The van der Waals surface area contributed by atoms with E-state index in [9.17, 15) is 0 Å². The molecule has 2 aliphatic heterocycles. The Morgan fingerprint density at radius 3 is 0.914 bits per heavy atom. The molecule has 2 spiro atoms. The third kappa shape index (κ3) is 9.76. The van der Waals surface area contributed by atoms with Crippen LogP contribution in [0.4, 0.5) is 0 Å². The van der Waals surface area contributed by atoms with Gasteiger partial charge in [0.2, 0.25) is 0 Å². The minimum atomic E-state index is -0.851. The fourth-order valence-corrected chi connectivity index (χ4v) is 19.5. The molecule has 116 heavy (non-hydrogen) atoms. The fraction of sp³-hybridized carbons (Fsp3) is 0.0183. The van der Waals surface area contributed by atoms with E-state index in [4.69, 9.17) is 34.4 Å². The normalized spacial score (nSPS) is 13.3. The largest absolute Gasteiger partial charge is 0.455 e. The number of fused-ring (bicyclic) bond motifs is 26. The zero-order valence-corrected chi connectivity index (χ0v) is 62.6. The van der Waals surface area contributed by atoms with E-state index in [1.54, 1.807) is 0 Å². The zero-order chi connectivity index (χ0) is 76.2. The summed E-state index contributed by atoms with van der Waals surface area (Å²) in [6, 6.07) is 142. The Kier molecular flexibility index (Phi) is 14.4. The van der Waals surface area contributed by atoms with Crippen molar-refractivity contribution in [1.29, 1.82) is 0 Å². The molecule has 0 N–H and O–H groups in total. The van der Waals surface area contributed by atoms with Crippen LogP contribution in [-0.2, 0) is 10.8 Å². The molecule has 0 saturated heterocycles. The van der Waals surface area contributed by atoms with Crippen molar-refractivity contribution in [2.24, 2.45) is 0 Å². The molecule has 0 amide bonds. The van der Waals surface area contributed by atoms with Crippen molar-refractivity contribution in [3.05, 3.63) is 439 Å². The van der Waals surface area contributed by atoms with Gasteiger partial charge in [-0.25, -0.2) is 24.9 Å². The van der Waals surface area contributed by atoms with Crippen LogP contribution >= 0.6 is 0 Å². The monoisotopic (exact) mass is 1480 g/mol. The Bertz CT molecular complexity index is 7340. The molecule has 18 aromatic carbocycles. The number of hydrogen-bond acceptors (Lipinski definition) is 7. The standard InChI is InChI=1S/C109H65N5O2/c1-3-22-66(23-4-1)67-50-54-77(55-51-67)104-112-105(114-107(113-104)89-41-21-39-87-85-37-16-18-43-91(85)109(99(87)89)94-62-58-73-26-9-13-34-82(73)102(94)116-103-83-35-14-10-27-74(83)59-63-95(103)109)79-31-19-30-78(64-79)70-46-44-68(45-47-70)69-48-52-76(53-49-69)97-65-96(75-28-5-2-6-29-75)110-106(111-97)88-40-20-38-86-84-36-15-17-42-90(84)108(98(86)88)92-60-56-71-24-7-11-32-80(71)100(92)115-101-81-33-12-8-25-72(81)57-61-93(101)108/h1-65H. The molecule has 7 nitrogen and oxygen atoms in total. The van der Waals surface area contributed by atoms with Gasteiger partial charge in [-0.15, -0.1) is 0 Å². The second-order valence-corrected chi connectivity index (χ2v) is 30.7.